The van der Waals surface area contributed by atoms with E-state index in [2.05, 4.69) is 25.9 Å². The third-order valence-electron chi connectivity index (χ3n) is 3.12. The van der Waals surface area contributed by atoms with Gasteiger partial charge in [-0.15, -0.1) is 0 Å². The van der Waals surface area contributed by atoms with Crippen molar-refractivity contribution in [2.45, 2.75) is 71.8 Å². The Morgan fingerprint density at radius 2 is 1.78 bits per heavy atom. The highest BCUT2D eigenvalue weighted by atomic mass is 16.5. The van der Waals surface area contributed by atoms with Crippen LogP contribution in [0, 0.1) is 0 Å². The number of aromatic nitrogens is 2. The molecule has 1 aromatic heterocycles. The Morgan fingerprint density at radius 3 is 2.39 bits per heavy atom. The van der Waals surface area contributed by atoms with E-state index in [0.29, 0.717) is 6.04 Å². The van der Waals surface area contributed by atoms with Crippen LogP contribution in [0.4, 0.5) is 0 Å². The van der Waals surface area contributed by atoms with Crippen LogP contribution in [0.3, 0.4) is 0 Å². The van der Waals surface area contributed by atoms with E-state index < -0.39 is 0 Å². The maximum absolute atomic E-state index is 5.68. The standard InChI is InChI=1S/C15H28N2O/c1-4-5-6-7-8-9-10-11-18-15-12-16-17(13-15)14(2)3/h12-14H,4-11H2,1-3H3. The SMILES string of the molecule is CCCCCCCCCOc1cnn(C(C)C)c1. The summed E-state index contributed by atoms with van der Waals surface area (Å²) >= 11 is 0. The van der Waals surface area contributed by atoms with E-state index in [4.69, 9.17) is 4.74 Å². The van der Waals surface area contributed by atoms with Gasteiger partial charge < -0.3 is 4.74 Å². The van der Waals surface area contributed by atoms with Crippen molar-refractivity contribution >= 4 is 0 Å². The number of nitrogens with zero attached hydrogens (tertiary/aromatic N) is 2. The fraction of sp³-hybridized carbons (Fsp3) is 0.800. The molecule has 0 amide bonds. The monoisotopic (exact) mass is 252 g/mol. The molecule has 0 saturated heterocycles. The highest BCUT2D eigenvalue weighted by Gasteiger charge is 2.01. The minimum absolute atomic E-state index is 0.404. The molecule has 3 nitrogen and oxygen atoms in total. The summed E-state index contributed by atoms with van der Waals surface area (Å²) in [6, 6.07) is 0.404. The summed E-state index contributed by atoms with van der Waals surface area (Å²) in [7, 11) is 0. The van der Waals surface area contributed by atoms with Crippen molar-refractivity contribution in [2.75, 3.05) is 6.61 Å². The van der Waals surface area contributed by atoms with Crippen LogP contribution in [-0.2, 0) is 0 Å². The Balaban J connectivity index is 2.00. The molecule has 0 aromatic carbocycles. The maximum Gasteiger partial charge on any atom is 0.157 e. The fourth-order valence-electron chi connectivity index (χ4n) is 1.93. The number of rotatable bonds is 10. The molecule has 0 fully saturated rings. The van der Waals surface area contributed by atoms with Crippen LogP contribution in [-0.4, -0.2) is 16.4 Å². The van der Waals surface area contributed by atoms with Gasteiger partial charge in [0.25, 0.3) is 0 Å². The maximum atomic E-state index is 5.68. The van der Waals surface area contributed by atoms with Crippen LogP contribution in [0.25, 0.3) is 0 Å². The minimum atomic E-state index is 0.404. The Bertz CT molecular complexity index is 307. The first-order chi connectivity index (χ1) is 8.74. The van der Waals surface area contributed by atoms with Crippen molar-refractivity contribution < 1.29 is 4.74 Å². The van der Waals surface area contributed by atoms with Crippen LogP contribution < -0.4 is 4.74 Å². The number of ether oxygens (including phenoxy) is 1. The summed E-state index contributed by atoms with van der Waals surface area (Å²) in [5.74, 6) is 0.898. The zero-order valence-corrected chi connectivity index (χ0v) is 12.2. The van der Waals surface area contributed by atoms with Gasteiger partial charge in [0.05, 0.1) is 19.0 Å². The molecule has 0 atom stereocenters. The van der Waals surface area contributed by atoms with Crippen molar-refractivity contribution in [1.29, 1.82) is 0 Å². The third kappa shape index (κ3) is 6.08. The highest BCUT2D eigenvalue weighted by Crippen LogP contribution is 2.13. The molecule has 0 N–H and O–H groups in total. The van der Waals surface area contributed by atoms with Crippen LogP contribution >= 0.6 is 0 Å². The predicted molar refractivity (Wildman–Crippen MR) is 76.1 cm³/mol. The normalized spacial score (nSPS) is 11.1. The molecule has 0 aliphatic carbocycles. The quantitative estimate of drug-likeness (QED) is 0.569. The van der Waals surface area contributed by atoms with Gasteiger partial charge in [-0.25, -0.2) is 0 Å². The Labute approximate surface area is 112 Å². The van der Waals surface area contributed by atoms with Gasteiger partial charge in [-0.05, 0) is 20.3 Å². The minimum Gasteiger partial charge on any atom is -0.490 e. The molecule has 0 saturated carbocycles. The first-order valence-electron chi connectivity index (χ1n) is 7.41. The van der Waals surface area contributed by atoms with Gasteiger partial charge >= 0.3 is 0 Å². The predicted octanol–water partition coefficient (Wildman–Crippen LogP) is 4.59. The van der Waals surface area contributed by atoms with Gasteiger partial charge in [0, 0.05) is 6.04 Å². The fourth-order valence-corrected chi connectivity index (χ4v) is 1.93. The summed E-state index contributed by atoms with van der Waals surface area (Å²) in [6.07, 6.45) is 13.0. The first-order valence-corrected chi connectivity index (χ1v) is 7.41. The van der Waals surface area contributed by atoms with E-state index in [1.165, 1.54) is 38.5 Å². The molecule has 0 unspecified atom stereocenters. The molecule has 104 valence electrons. The number of unbranched alkanes of at least 4 members (excludes halogenated alkanes) is 6. The smallest absolute Gasteiger partial charge is 0.157 e. The Morgan fingerprint density at radius 1 is 1.11 bits per heavy atom. The lowest BCUT2D eigenvalue weighted by molar-refractivity contribution is 0.303. The molecule has 1 aromatic rings. The molecule has 1 heterocycles. The molecule has 1 rings (SSSR count). The van der Waals surface area contributed by atoms with Crippen molar-refractivity contribution in [3.8, 4) is 5.75 Å². The van der Waals surface area contributed by atoms with Gasteiger partial charge in [0.2, 0.25) is 0 Å². The number of hydrogen-bond donors (Lipinski definition) is 0. The van der Waals surface area contributed by atoms with Crippen molar-refractivity contribution in [1.82, 2.24) is 9.78 Å². The lowest BCUT2D eigenvalue weighted by Crippen LogP contribution is -2.00. The second kappa shape index (κ2) is 9.01. The molecular weight excluding hydrogens is 224 g/mol. The molecule has 0 aliphatic rings. The second-order valence-corrected chi connectivity index (χ2v) is 5.22. The van der Waals surface area contributed by atoms with E-state index in [-0.39, 0.29) is 0 Å². The zero-order chi connectivity index (χ0) is 13.2. The molecule has 3 heteroatoms. The lowest BCUT2D eigenvalue weighted by atomic mass is 10.1. The zero-order valence-electron chi connectivity index (χ0n) is 12.2. The van der Waals surface area contributed by atoms with Crippen LogP contribution in [0.1, 0.15) is 71.8 Å². The third-order valence-corrected chi connectivity index (χ3v) is 3.12. The van der Waals surface area contributed by atoms with Gasteiger partial charge in [-0.1, -0.05) is 45.4 Å². The molecule has 0 aliphatic heterocycles. The van der Waals surface area contributed by atoms with E-state index in [1.807, 2.05) is 10.9 Å². The van der Waals surface area contributed by atoms with Crippen molar-refractivity contribution in [2.24, 2.45) is 0 Å². The Hall–Kier alpha value is -0.990. The van der Waals surface area contributed by atoms with Gasteiger partial charge in [0.1, 0.15) is 0 Å². The van der Waals surface area contributed by atoms with E-state index >= 15 is 0 Å². The summed E-state index contributed by atoms with van der Waals surface area (Å²) in [5.41, 5.74) is 0. The average Bonchev–Trinajstić information content (AvgIpc) is 2.81. The van der Waals surface area contributed by atoms with Crippen LogP contribution in [0.15, 0.2) is 12.4 Å². The van der Waals surface area contributed by atoms with E-state index in [1.54, 1.807) is 6.20 Å². The summed E-state index contributed by atoms with van der Waals surface area (Å²) in [5, 5.41) is 4.26. The molecule has 0 bridgehead atoms. The van der Waals surface area contributed by atoms with Crippen molar-refractivity contribution in [3.05, 3.63) is 12.4 Å². The Kier molecular flexibility index (Phi) is 7.54. The molecule has 0 radical (unpaired) electrons. The largest absolute Gasteiger partial charge is 0.490 e. The molecule has 0 spiro atoms. The van der Waals surface area contributed by atoms with E-state index in [0.717, 1.165) is 18.8 Å². The second-order valence-electron chi connectivity index (χ2n) is 5.22. The summed E-state index contributed by atoms with van der Waals surface area (Å²) in [4.78, 5) is 0. The highest BCUT2D eigenvalue weighted by molar-refractivity contribution is 5.11. The van der Waals surface area contributed by atoms with Gasteiger partial charge in [-0.3, -0.25) is 4.68 Å². The summed E-state index contributed by atoms with van der Waals surface area (Å²) < 4.78 is 7.61. The molecular formula is C15H28N2O. The van der Waals surface area contributed by atoms with E-state index in [9.17, 15) is 0 Å². The average molecular weight is 252 g/mol. The van der Waals surface area contributed by atoms with Crippen LogP contribution in [0.2, 0.25) is 0 Å². The molecule has 18 heavy (non-hydrogen) atoms. The topological polar surface area (TPSA) is 27.1 Å². The summed E-state index contributed by atoms with van der Waals surface area (Å²) in [6.45, 7) is 7.31. The van der Waals surface area contributed by atoms with Gasteiger partial charge in [0.15, 0.2) is 5.75 Å². The lowest BCUT2D eigenvalue weighted by Gasteiger charge is -2.04. The first kappa shape index (κ1) is 15.1. The number of hydrogen-bond acceptors (Lipinski definition) is 2. The van der Waals surface area contributed by atoms with Crippen LogP contribution in [0.5, 0.6) is 5.75 Å². The van der Waals surface area contributed by atoms with Gasteiger partial charge in [-0.2, -0.15) is 5.10 Å². The van der Waals surface area contributed by atoms with Crippen molar-refractivity contribution in [3.63, 3.8) is 0 Å².